The zero-order chi connectivity index (χ0) is 22.9. The van der Waals surface area contributed by atoms with Crippen molar-refractivity contribution in [3.8, 4) is 11.3 Å². The first kappa shape index (κ1) is 21.5. The number of hydrogen-bond donors (Lipinski definition) is 1. The van der Waals surface area contributed by atoms with Crippen LogP contribution in [-0.4, -0.2) is 36.8 Å². The van der Waals surface area contributed by atoms with Gasteiger partial charge in [-0.25, -0.2) is 9.50 Å². The maximum absolute atomic E-state index is 12.8. The average molecular weight is 442 g/mol. The molecule has 0 spiro atoms. The standard InChI is InChI=1S/C22H21F3N6O/c1-14-4-6-16(7-5-14)18-8-10-26-20-17(13-28-31(18)20)21(32)27-9-3-11-30-15(2)12-19(29-30)22(23,24)25/h4-8,10,12-13H,3,9,11H2,1-2H3,(H,27,32). The zero-order valence-corrected chi connectivity index (χ0v) is 17.5. The van der Waals surface area contributed by atoms with Crippen LogP contribution in [0.2, 0.25) is 0 Å². The Kier molecular flexibility index (Phi) is 5.68. The topological polar surface area (TPSA) is 77.1 Å². The molecule has 10 heteroatoms. The molecular weight excluding hydrogens is 421 g/mol. The van der Waals surface area contributed by atoms with Gasteiger partial charge in [0.15, 0.2) is 11.3 Å². The van der Waals surface area contributed by atoms with Crippen molar-refractivity contribution in [2.75, 3.05) is 6.54 Å². The van der Waals surface area contributed by atoms with Crippen LogP contribution in [0.25, 0.3) is 16.9 Å². The summed E-state index contributed by atoms with van der Waals surface area (Å²) in [6.07, 6.45) is -0.963. The number of nitrogens with zero attached hydrogens (tertiary/aromatic N) is 5. The van der Waals surface area contributed by atoms with E-state index in [4.69, 9.17) is 0 Å². The minimum absolute atomic E-state index is 0.257. The quantitative estimate of drug-likeness (QED) is 0.457. The highest BCUT2D eigenvalue weighted by molar-refractivity contribution is 5.99. The number of amides is 1. The summed E-state index contributed by atoms with van der Waals surface area (Å²) in [7, 11) is 0. The molecule has 32 heavy (non-hydrogen) atoms. The van der Waals surface area contributed by atoms with Crippen LogP contribution < -0.4 is 5.32 Å². The molecule has 0 aliphatic carbocycles. The molecule has 0 bridgehead atoms. The second kappa shape index (κ2) is 8.45. The van der Waals surface area contributed by atoms with E-state index in [0.29, 0.717) is 23.3 Å². The van der Waals surface area contributed by atoms with Gasteiger partial charge in [0.1, 0.15) is 5.56 Å². The Morgan fingerprint density at radius 1 is 1.12 bits per heavy atom. The van der Waals surface area contributed by atoms with Gasteiger partial charge in [-0.1, -0.05) is 29.8 Å². The molecule has 0 unspecified atom stereocenters. The molecule has 0 saturated carbocycles. The Bertz CT molecular complexity index is 1260. The molecule has 0 atom stereocenters. The average Bonchev–Trinajstić information content (AvgIpc) is 3.35. The first-order valence-corrected chi connectivity index (χ1v) is 10.0. The fourth-order valence-corrected chi connectivity index (χ4v) is 3.40. The van der Waals surface area contributed by atoms with Crippen molar-refractivity contribution in [2.45, 2.75) is 33.0 Å². The lowest BCUT2D eigenvalue weighted by Gasteiger charge is -2.07. The number of nitrogens with one attached hydrogen (secondary N) is 1. The SMILES string of the molecule is Cc1ccc(-c2ccnc3c(C(=O)NCCCn4nc(C(F)(F)F)cc4C)cnn23)cc1. The smallest absolute Gasteiger partial charge is 0.352 e. The van der Waals surface area contributed by atoms with Crippen LogP contribution in [0.3, 0.4) is 0 Å². The van der Waals surface area contributed by atoms with Gasteiger partial charge in [0.05, 0.1) is 11.9 Å². The first-order valence-electron chi connectivity index (χ1n) is 10.0. The van der Waals surface area contributed by atoms with Gasteiger partial charge in [0.2, 0.25) is 0 Å². The molecule has 1 amide bonds. The molecule has 1 aromatic carbocycles. The first-order chi connectivity index (χ1) is 15.2. The van der Waals surface area contributed by atoms with Crippen molar-refractivity contribution in [1.82, 2.24) is 29.7 Å². The molecule has 0 fully saturated rings. The summed E-state index contributed by atoms with van der Waals surface area (Å²) in [6.45, 7) is 4.10. The Balaban J connectivity index is 1.42. The third kappa shape index (κ3) is 4.34. The van der Waals surface area contributed by atoms with Crippen molar-refractivity contribution >= 4 is 11.6 Å². The monoisotopic (exact) mass is 442 g/mol. The van der Waals surface area contributed by atoms with Crippen LogP contribution >= 0.6 is 0 Å². The predicted octanol–water partition coefficient (Wildman–Crippen LogP) is 4.05. The van der Waals surface area contributed by atoms with E-state index in [9.17, 15) is 18.0 Å². The number of fused-ring (bicyclic) bond motifs is 1. The minimum Gasteiger partial charge on any atom is -0.352 e. The van der Waals surface area contributed by atoms with Gasteiger partial charge >= 0.3 is 6.18 Å². The Morgan fingerprint density at radius 3 is 2.56 bits per heavy atom. The lowest BCUT2D eigenvalue weighted by molar-refractivity contribution is -0.141. The largest absolute Gasteiger partial charge is 0.435 e. The summed E-state index contributed by atoms with van der Waals surface area (Å²) in [5.74, 6) is -0.346. The number of aryl methyl sites for hydroxylation is 3. The summed E-state index contributed by atoms with van der Waals surface area (Å²) in [6, 6.07) is 10.8. The fraction of sp³-hybridized carbons (Fsp3) is 0.273. The molecule has 3 aromatic heterocycles. The molecule has 0 aliphatic rings. The van der Waals surface area contributed by atoms with Crippen LogP contribution in [0.4, 0.5) is 13.2 Å². The summed E-state index contributed by atoms with van der Waals surface area (Å²) in [5.41, 5.74) is 3.15. The molecule has 166 valence electrons. The highest BCUT2D eigenvalue weighted by Crippen LogP contribution is 2.28. The maximum Gasteiger partial charge on any atom is 0.435 e. The Hall–Kier alpha value is -3.69. The number of rotatable bonds is 6. The summed E-state index contributed by atoms with van der Waals surface area (Å²) in [5, 5.41) is 10.7. The van der Waals surface area contributed by atoms with Crippen molar-refractivity contribution in [1.29, 1.82) is 0 Å². The minimum atomic E-state index is -4.47. The maximum atomic E-state index is 12.8. The number of hydrogen-bond acceptors (Lipinski definition) is 4. The van der Waals surface area contributed by atoms with E-state index in [1.807, 2.05) is 37.3 Å². The highest BCUT2D eigenvalue weighted by Gasteiger charge is 2.34. The predicted molar refractivity (Wildman–Crippen MR) is 112 cm³/mol. The van der Waals surface area contributed by atoms with Crippen LogP contribution in [0.15, 0.2) is 48.8 Å². The van der Waals surface area contributed by atoms with Crippen molar-refractivity contribution < 1.29 is 18.0 Å². The fourth-order valence-electron chi connectivity index (χ4n) is 3.40. The normalized spacial score (nSPS) is 11.8. The van der Waals surface area contributed by atoms with Crippen LogP contribution in [0, 0.1) is 13.8 Å². The lowest BCUT2D eigenvalue weighted by atomic mass is 10.1. The third-order valence-corrected chi connectivity index (χ3v) is 5.10. The number of halogens is 3. The molecule has 4 aromatic rings. The van der Waals surface area contributed by atoms with Gasteiger partial charge in [-0.3, -0.25) is 9.48 Å². The van der Waals surface area contributed by atoms with E-state index in [0.717, 1.165) is 22.9 Å². The summed E-state index contributed by atoms with van der Waals surface area (Å²) >= 11 is 0. The second-order valence-corrected chi connectivity index (χ2v) is 7.49. The van der Waals surface area contributed by atoms with Crippen LogP contribution in [0.5, 0.6) is 0 Å². The van der Waals surface area contributed by atoms with E-state index in [1.54, 1.807) is 17.6 Å². The number of aromatic nitrogens is 5. The molecular formula is C22H21F3N6O. The number of carbonyl (C=O) groups is 1. The third-order valence-electron chi connectivity index (χ3n) is 5.10. The molecule has 3 heterocycles. The number of alkyl halides is 3. The molecule has 1 N–H and O–H groups in total. The Labute approximate surface area is 181 Å². The van der Waals surface area contributed by atoms with Gasteiger partial charge in [-0.05, 0) is 32.4 Å². The second-order valence-electron chi connectivity index (χ2n) is 7.49. The Morgan fingerprint density at radius 2 is 1.88 bits per heavy atom. The van der Waals surface area contributed by atoms with Crippen molar-refractivity contribution in [3.63, 3.8) is 0 Å². The summed E-state index contributed by atoms with van der Waals surface area (Å²) in [4.78, 5) is 16.9. The van der Waals surface area contributed by atoms with Gasteiger partial charge < -0.3 is 5.32 Å². The van der Waals surface area contributed by atoms with E-state index in [2.05, 4.69) is 20.5 Å². The molecule has 7 nitrogen and oxygen atoms in total. The molecule has 0 aliphatic heterocycles. The zero-order valence-electron chi connectivity index (χ0n) is 17.5. The van der Waals surface area contributed by atoms with Gasteiger partial charge in [0.25, 0.3) is 5.91 Å². The number of carbonyl (C=O) groups excluding carboxylic acids is 1. The van der Waals surface area contributed by atoms with E-state index in [1.165, 1.54) is 10.9 Å². The van der Waals surface area contributed by atoms with Gasteiger partial charge in [-0.2, -0.15) is 23.4 Å². The summed E-state index contributed by atoms with van der Waals surface area (Å²) < 4.78 is 41.2. The van der Waals surface area contributed by atoms with Crippen molar-refractivity contribution in [2.24, 2.45) is 0 Å². The molecule has 4 rings (SSSR count). The van der Waals surface area contributed by atoms with Gasteiger partial charge in [0, 0.05) is 30.5 Å². The molecule has 0 saturated heterocycles. The van der Waals surface area contributed by atoms with Crippen LogP contribution in [0.1, 0.15) is 33.7 Å². The van der Waals surface area contributed by atoms with E-state index < -0.39 is 11.9 Å². The van der Waals surface area contributed by atoms with Gasteiger partial charge in [-0.15, -0.1) is 0 Å². The number of benzene rings is 1. The van der Waals surface area contributed by atoms with E-state index >= 15 is 0 Å². The highest BCUT2D eigenvalue weighted by atomic mass is 19.4. The lowest BCUT2D eigenvalue weighted by Crippen LogP contribution is -2.25. The van der Waals surface area contributed by atoms with Crippen molar-refractivity contribution in [3.05, 3.63) is 71.3 Å². The van der Waals surface area contributed by atoms with Crippen LogP contribution in [-0.2, 0) is 12.7 Å². The molecule has 0 radical (unpaired) electrons. The van der Waals surface area contributed by atoms with E-state index in [-0.39, 0.29) is 19.0 Å².